The van der Waals surface area contributed by atoms with E-state index in [9.17, 15) is 8.42 Å². The van der Waals surface area contributed by atoms with Crippen molar-refractivity contribution >= 4 is 27.6 Å². The van der Waals surface area contributed by atoms with Crippen LogP contribution in [0.5, 0.6) is 0 Å². The molecule has 0 fully saturated rings. The first-order valence-electron chi connectivity index (χ1n) is 5.92. The lowest BCUT2D eigenvalue weighted by Gasteiger charge is -2.11. The molecule has 21 heavy (non-hydrogen) atoms. The number of hydrogen-bond donors (Lipinski definition) is 1. The van der Waals surface area contributed by atoms with Crippen LogP contribution in [-0.2, 0) is 10.0 Å². The van der Waals surface area contributed by atoms with Gasteiger partial charge in [-0.25, -0.2) is 17.7 Å². The van der Waals surface area contributed by atoms with Gasteiger partial charge in [0.2, 0.25) is 27.2 Å². The molecule has 9 nitrogen and oxygen atoms in total. The molecule has 0 unspecified atom stereocenters. The summed E-state index contributed by atoms with van der Waals surface area (Å²) in [5.41, 5.74) is 0. The van der Waals surface area contributed by atoms with Gasteiger partial charge in [0.25, 0.3) is 0 Å². The van der Waals surface area contributed by atoms with Gasteiger partial charge in [0.1, 0.15) is 6.33 Å². The summed E-state index contributed by atoms with van der Waals surface area (Å²) in [6, 6.07) is 0. The zero-order chi connectivity index (χ0) is 15.5. The molecular weight excluding hydrogens is 318 g/mol. The molecule has 1 N–H and O–H groups in total. The van der Waals surface area contributed by atoms with E-state index in [1.54, 1.807) is 17.0 Å². The number of sulfonamides is 1. The third-order valence-corrected chi connectivity index (χ3v) is 4.53. The van der Waals surface area contributed by atoms with Gasteiger partial charge in [-0.05, 0) is 11.6 Å². The number of imidazole rings is 1. The van der Waals surface area contributed by atoms with Crippen LogP contribution in [0.2, 0.25) is 5.28 Å². The quantitative estimate of drug-likeness (QED) is 0.795. The van der Waals surface area contributed by atoms with Crippen molar-refractivity contribution in [1.82, 2.24) is 28.8 Å². The topological polar surface area (TPSA) is 106 Å². The van der Waals surface area contributed by atoms with Crippen molar-refractivity contribution in [3.8, 4) is 5.95 Å². The summed E-state index contributed by atoms with van der Waals surface area (Å²) in [7, 11) is -0.323. The minimum Gasteiger partial charge on any atom is -0.353 e. The number of hydrogen-bond acceptors (Lipinski definition) is 7. The predicted octanol–water partition coefficient (Wildman–Crippen LogP) is 0.0140. The third-order valence-electron chi connectivity index (χ3n) is 2.53. The van der Waals surface area contributed by atoms with Crippen LogP contribution in [0.4, 0.5) is 5.95 Å². The van der Waals surface area contributed by atoms with Crippen LogP contribution in [0.1, 0.15) is 0 Å². The maximum atomic E-state index is 11.6. The summed E-state index contributed by atoms with van der Waals surface area (Å²) in [5.74, 6) is 0.419. The maximum Gasteiger partial charge on any atom is 0.241 e. The summed E-state index contributed by atoms with van der Waals surface area (Å²) in [4.78, 5) is 15.9. The van der Waals surface area contributed by atoms with E-state index in [4.69, 9.17) is 11.6 Å². The first-order chi connectivity index (χ1) is 9.88. The molecule has 2 aromatic heterocycles. The van der Waals surface area contributed by atoms with Gasteiger partial charge < -0.3 is 5.32 Å². The van der Waals surface area contributed by atoms with Crippen LogP contribution in [0.25, 0.3) is 5.95 Å². The molecule has 2 heterocycles. The Bertz CT molecular complexity index is 702. The normalized spacial score (nSPS) is 11.8. The molecule has 0 saturated carbocycles. The number of nitrogens with one attached hydrogen (secondary N) is 1. The Labute approximate surface area is 127 Å². The van der Waals surface area contributed by atoms with Gasteiger partial charge in [-0.1, -0.05) is 0 Å². The monoisotopic (exact) mass is 331 g/mol. The molecule has 2 rings (SSSR count). The lowest BCUT2D eigenvalue weighted by atomic mass is 10.7. The second kappa shape index (κ2) is 6.33. The molecule has 0 aromatic carbocycles. The minimum atomic E-state index is -3.28. The fraction of sp³-hybridized carbons (Fsp3) is 0.400. The minimum absolute atomic E-state index is 0.00617. The van der Waals surface area contributed by atoms with Crippen molar-refractivity contribution < 1.29 is 8.42 Å². The van der Waals surface area contributed by atoms with Crippen LogP contribution in [0.15, 0.2) is 18.7 Å². The van der Waals surface area contributed by atoms with Gasteiger partial charge in [0, 0.05) is 33.0 Å². The largest absolute Gasteiger partial charge is 0.353 e. The van der Waals surface area contributed by atoms with Gasteiger partial charge in [0.05, 0.1) is 5.75 Å². The van der Waals surface area contributed by atoms with Crippen LogP contribution in [0.3, 0.4) is 0 Å². The molecule has 11 heteroatoms. The van der Waals surface area contributed by atoms with Crippen molar-refractivity contribution in [2.45, 2.75) is 0 Å². The van der Waals surface area contributed by atoms with E-state index in [2.05, 4.69) is 25.3 Å². The molecule has 0 aliphatic carbocycles. The van der Waals surface area contributed by atoms with Gasteiger partial charge in [0.15, 0.2) is 0 Å². The zero-order valence-electron chi connectivity index (χ0n) is 11.4. The Hall–Kier alpha value is -1.78. The van der Waals surface area contributed by atoms with Crippen molar-refractivity contribution in [2.75, 3.05) is 31.7 Å². The standard InChI is InChI=1S/C10H14ClN7O2S/c1-17(2)21(19,20)6-4-13-9-14-8(11)15-10(16-9)18-5-3-12-7-18/h3,5,7H,4,6H2,1-2H3,(H,13,14,15,16). The van der Waals surface area contributed by atoms with Crippen LogP contribution in [-0.4, -0.2) is 63.6 Å². The Morgan fingerprint density at radius 2 is 2.10 bits per heavy atom. The molecule has 114 valence electrons. The fourth-order valence-electron chi connectivity index (χ4n) is 1.39. The molecule has 0 spiro atoms. The van der Waals surface area contributed by atoms with E-state index in [0.717, 1.165) is 4.31 Å². The summed E-state index contributed by atoms with van der Waals surface area (Å²) in [6.45, 7) is 0.157. The molecule has 0 saturated heterocycles. The number of aromatic nitrogens is 5. The number of nitrogens with zero attached hydrogens (tertiary/aromatic N) is 6. The van der Waals surface area contributed by atoms with Gasteiger partial charge in [-0.15, -0.1) is 0 Å². The summed E-state index contributed by atoms with van der Waals surface area (Å²) < 4.78 is 26.0. The Kier molecular flexibility index (Phi) is 4.70. The Balaban J connectivity index is 2.08. The first-order valence-corrected chi connectivity index (χ1v) is 7.91. The average molecular weight is 332 g/mol. The van der Waals surface area contributed by atoms with Gasteiger partial charge in [-0.3, -0.25) is 4.57 Å². The molecule has 0 atom stereocenters. The van der Waals surface area contributed by atoms with E-state index in [0.29, 0.717) is 5.95 Å². The van der Waals surface area contributed by atoms with Crippen LogP contribution >= 0.6 is 11.6 Å². The molecule has 0 aliphatic rings. The van der Waals surface area contributed by atoms with E-state index >= 15 is 0 Å². The predicted molar refractivity (Wildman–Crippen MR) is 77.9 cm³/mol. The summed E-state index contributed by atoms with van der Waals surface area (Å²) >= 11 is 5.82. The van der Waals surface area contributed by atoms with Crippen molar-refractivity contribution in [2.24, 2.45) is 0 Å². The highest BCUT2D eigenvalue weighted by Crippen LogP contribution is 2.09. The van der Waals surface area contributed by atoms with Crippen molar-refractivity contribution in [3.63, 3.8) is 0 Å². The highest BCUT2D eigenvalue weighted by Gasteiger charge is 2.13. The van der Waals surface area contributed by atoms with Crippen LogP contribution in [0, 0.1) is 0 Å². The SMILES string of the molecule is CN(C)S(=O)(=O)CCNc1nc(Cl)nc(-n2ccnc2)n1. The second-order valence-electron chi connectivity index (χ2n) is 4.22. The Morgan fingerprint density at radius 1 is 1.33 bits per heavy atom. The lowest BCUT2D eigenvalue weighted by Crippen LogP contribution is -2.28. The highest BCUT2D eigenvalue weighted by atomic mass is 35.5. The van der Waals surface area contributed by atoms with E-state index in [1.807, 2.05) is 0 Å². The van der Waals surface area contributed by atoms with Crippen molar-refractivity contribution in [3.05, 3.63) is 24.0 Å². The number of anilines is 1. The molecule has 2 aromatic rings. The van der Waals surface area contributed by atoms with E-state index in [1.165, 1.54) is 20.4 Å². The second-order valence-corrected chi connectivity index (χ2v) is 6.86. The van der Waals surface area contributed by atoms with Crippen molar-refractivity contribution in [1.29, 1.82) is 0 Å². The molecule has 0 amide bonds. The van der Waals surface area contributed by atoms with E-state index < -0.39 is 10.0 Å². The summed E-state index contributed by atoms with van der Waals surface area (Å²) in [6.07, 6.45) is 4.76. The third kappa shape index (κ3) is 4.09. The molecule has 0 aliphatic heterocycles. The van der Waals surface area contributed by atoms with Gasteiger partial charge in [-0.2, -0.15) is 15.0 Å². The maximum absolute atomic E-state index is 11.6. The molecule has 0 bridgehead atoms. The lowest BCUT2D eigenvalue weighted by molar-refractivity contribution is 0.521. The Morgan fingerprint density at radius 3 is 2.71 bits per heavy atom. The fourth-order valence-corrected chi connectivity index (χ4v) is 2.27. The van der Waals surface area contributed by atoms with Crippen LogP contribution < -0.4 is 5.32 Å². The first kappa shape index (κ1) is 15.6. The van der Waals surface area contributed by atoms with E-state index in [-0.39, 0.29) is 23.5 Å². The average Bonchev–Trinajstić information content (AvgIpc) is 2.91. The zero-order valence-corrected chi connectivity index (χ0v) is 13.0. The molecule has 0 radical (unpaired) electrons. The molecular formula is C10H14ClN7O2S. The number of halogens is 1. The summed E-state index contributed by atoms with van der Waals surface area (Å²) in [5, 5.41) is 2.82. The van der Waals surface area contributed by atoms with Gasteiger partial charge >= 0.3 is 0 Å². The number of rotatable bonds is 6. The highest BCUT2D eigenvalue weighted by molar-refractivity contribution is 7.89. The smallest absolute Gasteiger partial charge is 0.241 e.